The molecule has 0 amide bonds. The maximum Gasteiger partial charge on any atom is 0.0458 e. The lowest BCUT2D eigenvalue weighted by Gasteiger charge is -2.09. The first-order chi connectivity index (χ1) is 7.79. The van der Waals surface area contributed by atoms with Gasteiger partial charge in [0.1, 0.15) is 0 Å². The van der Waals surface area contributed by atoms with Gasteiger partial charge in [-0.05, 0) is 35.9 Å². The molecule has 1 N–H and O–H groups in total. The zero-order valence-electron chi connectivity index (χ0n) is 8.78. The van der Waals surface area contributed by atoms with Gasteiger partial charge in [-0.2, -0.15) is 0 Å². The van der Waals surface area contributed by atoms with E-state index in [1.165, 1.54) is 0 Å². The lowest BCUT2D eigenvalue weighted by Crippen LogP contribution is -1.92. The van der Waals surface area contributed by atoms with Crippen molar-refractivity contribution in [2.75, 3.05) is 5.32 Å². The summed E-state index contributed by atoms with van der Waals surface area (Å²) >= 11 is 3.45. The van der Waals surface area contributed by atoms with Gasteiger partial charge in [0.2, 0.25) is 0 Å². The van der Waals surface area contributed by atoms with Crippen molar-refractivity contribution in [1.82, 2.24) is 0 Å². The van der Waals surface area contributed by atoms with Gasteiger partial charge in [-0.3, -0.25) is 0 Å². The first-order valence-electron chi connectivity index (χ1n) is 5.03. The maximum atomic E-state index is 3.81. The second-order valence-corrected chi connectivity index (χ2v) is 4.34. The molecule has 0 bridgehead atoms. The Hall–Kier alpha value is -1.54. The van der Waals surface area contributed by atoms with Crippen molar-refractivity contribution in [2.45, 2.75) is 0 Å². The molecule has 0 unspecified atom stereocenters. The molecule has 1 nitrogen and oxygen atoms in total. The van der Waals surface area contributed by atoms with Crippen molar-refractivity contribution < 1.29 is 0 Å². The van der Waals surface area contributed by atoms with Crippen LogP contribution < -0.4 is 5.32 Å². The van der Waals surface area contributed by atoms with Gasteiger partial charge in [-0.15, -0.1) is 0 Å². The summed E-state index contributed by atoms with van der Waals surface area (Å²) < 4.78 is 1.06. The highest BCUT2D eigenvalue weighted by molar-refractivity contribution is 9.10. The average Bonchev–Trinajstić information content (AvgIpc) is 2.33. The van der Waals surface area contributed by atoms with Crippen molar-refractivity contribution in [2.24, 2.45) is 0 Å². The van der Waals surface area contributed by atoms with E-state index in [0.29, 0.717) is 0 Å². The van der Waals surface area contributed by atoms with Gasteiger partial charge in [-0.1, -0.05) is 46.8 Å². The third-order valence-electron chi connectivity index (χ3n) is 2.29. The van der Waals surface area contributed by atoms with Crippen LogP contribution in [0.3, 0.4) is 0 Å². The first kappa shape index (κ1) is 11.0. The molecule has 2 aromatic rings. The fourth-order valence-corrected chi connectivity index (χ4v) is 1.87. The molecule has 0 radical (unpaired) electrons. The summed E-state index contributed by atoms with van der Waals surface area (Å²) in [5.41, 5.74) is 3.22. The van der Waals surface area contributed by atoms with Crippen molar-refractivity contribution in [3.05, 3.63) is 65.1 Å². The van der Waals surface area contributed by atoms with Gasteiger partial charge in [-0.25, -0.2) is 0 Å². The highest BCUT2D eigenvalue weighted by atomic mass is 79.9. The van der Waals surface area contributed by atoms with Crippen LogP contribution in [0.15, 0.2) is 59.6 Å². The third kappa shape index (κ3) is 2.52. The number of rotatable bonds is 3. The van der Waals surface area contributed by atoms with Crippen molar-refractivity contribution >= 4 is 33.4 Å². The minimum Gasteiger partial charge on any atom is -0.355 e. The molecule has 0 fully saturated rings. The molecular formula is C14H12BrN. The molecule has 0 saturated carbocycles. The van der Waals surface area contributed by atoms with E-state index in [-0.39, 0.29) is 0 Å². The third-order valence-corrected chi connectivity index (χ3v) is 2.78. The van der Waals surface area contributed by atoms with E-state index < -0.39 is 0 Å². The molecule has 0 atom stereocenters. The number of hydrogen-bond donors (Lipinski definition) is 1. The summed E-state index contributed by atoms with van der Waals surface area (Å²) in [5.74, 6) is 0. The monoisotopic (exact) mass is 273 g/mol. The minimum atomic E-state index is 1.06. The molecule has 0 aliphatic carbocycles. The van der Waals surface area contributed by atoms with E-state index in [1.54, 1.807) is 0 Å². The lowest BCUT2D eigenvalue weighted by molar-refractivity contribution is 1.52. The Bertz CT molecular complexity index is 491. The molecule has 0 saturated heterocycles. The number of nitrogens with one attached hydrogen (secondary N) is 1. The SMILES string of the molecule is C=Cc1cc(Br)ccc1Nc1ccccc1. The molecule has 0 aromatic heterocycles. The molecule has 0 spiro atoms. The number of benzene rings is 2. The van der Waals surface area contributed by atoms with Gasteiger partial charge < -0.3 is 5.32 Å². The minimum absolute atomic E-state index is 1.06. The maximum absolute atomic E-state index is 3.81. The van der Waals surface area contributed by atoms with Crippen molar-refractivity contribution in [3.8, 4) is 0 Å². The van der Waals surface area contributed by atoms with Crippen LogP contribution in [0.25, 0.3) is 6.08 Å². The topological polar surface area (TPSA) is 12.0 Å². The van der Waals surface area contributed by atoms with E-state index in [9.17, 15) is 0 Å². The highest BCUT2D eigenvalue weighted by Gasteiger charge is 2.00. The van der Waals surface area contributed by atoms with Gasteiger partial charge in [0, 0.05) is 15.8 Å². The summed E-state index contributed by atoms with van der Waals surface area (Å²) in [5, 5.41) is 3.36. The fraction of sp³-hybridized carbons (Fsp3) is 0. The van der Waals surface area contributed by atoms with Crippen LogP contribution >= 0.6 is 15.9 Å². The first-order valence-corrected chi connectivity index (χ1v) is 5.83. The van der Waals surface area contributed by atoms with Crippen LogP contribution in [-0.4, -0.2) is 0 Å². The standard InChI is InChI=1S/C14H12BrN/c1-2-11-10-12(15)8-9-14(11)16-13-6-4-3-5-7-13/h2-10,16H,1H2. The van der Waals surface area contributed by atoms with Crippen molar-refractivity contribution in [1.29, 1.82) is 0 Å². The van der Waals surface area contributed by atoms with Crippen LogP contribution in [0.5, 0.6) is 0 Å². The van der Waals surface area contributed by atoms with Gasteiger partial charge in [0.05, 0.1) is 0 Å². The van der Waals surface area contributed by atoms with Gasteiger partial charge in [0.15, 0.2) is 0 Å². The van der Waals surface area contributed by atoms with Crippen LogP contribution in [0.1, 0.15) is 5.56 Å². The Balaban J connectivity index is 2.31. The molecule has 80 valence electrons. The summed E-state index contributed by atoms with van der Waals surface area (Å²) in [4.78, 5) is 0. The summed E-state index contributed by atoms with van der Waals surface area (Å²) in [6.45, 7) is 3.81. The summed E-state index contributed by atoms with van der Waals surface area (Å²) in [6.07, 6.45) is 1.84. The fourth-order valence-electron chi connectivity index (χ4n) is 1.49. The molecule has 2 aromatic carbocycles. The second kappa shape index (κ2) is 4.99. The van der Waals surface area contributed by atoms with Crippen molar-refractivity contribution in [3.63, 3.8) is 0 Å². The zero-order valence-corrected chi connectivity index (χ0v) is 10.4. The second-order valence-electron chi connectivity index (χ2n) is 3.43. The Morgan fingerprint density at radius 1 is 1.06 bits per heavy atom. The summed E-state index contributed by atoms with van der Waals surface area (Å²) in [7, 11) is 0. The van der Waals surface area contributed by atoms with Gasteiger partial charge in [0.25, 0.3) is 0 Å². The Morgan fingerprint density at radius 3 is 2.50 bits per heavy atom. The van der Waals surface area contributed by atoms with E-state index in [1.807, 2.05) is 54.6 Å². The van der Waals surface area contributed by atoms with E-state index in [4.69, 9.17) is 0 Å². The Kier molecular flexibility index (Phi) is 3.42. The zero-order chi connectivity index (χ0) is 11.4. The normalized spacial score (nSPS) is 9.81. The van der Waals surface area contributed by atoms with E-state index >= 15 is 0 Å². The van der Waals surface area contributed by atoms with E-state index in [0.717, 1.165) is 21.4 Å². The molecule has 2 rings (SSSR count). The summed E-state index contributed by atoms with van der Waals surface area (Å²) in [6, 6.07) is 16.2. The Labute approximate surface area is 104 Å². The predicted molar refractivity (Wildman–Crippen MR) is 74.0 cm³/mol. The number of anilines is 2. The quantitative estimate of drug-likeness (QED) is 0.844. The molecule has 0 aliphatic rings. The average molecular weight is 274 g/mol. The van der Waals surface area contributed by atoms with Crippen LogP contribution in [0, 0.1) is 0 Å². The highest BCUT2D eigenvalue weighted by Crippen LogP contribution is 2.25. The van der Waals surface area contributed by atoms with Gasteiger partial charge >= 0.3 is 0 Å². The largest absolute Gasteiger partial charge is 0.355 e. The van der Waals surface area contributed by atoms with Crippen LogP contribution in [0.4, 0.5) is 11.4 Å². The number of para-hydroxylation sites is 1. The van der Waals surface area contributed by atoms with Crippen LogP contribution in [0.2, 0.25) is 0 Å². The smallest absolute Gasteiger partial charge is 0.0458 e. The molecule has 0 heterocycles. The predicted octanol–water partition coefficient (Wildman–Crippen LogP) is 4.84. The molecule has 2 heteroatoms. The van der Waals surface area contributed by atoms with E-state index in [2.05, 4.69) is 27.8 Å². The molecular weight excluding hydrogens is 262 g/mol. The van der Waals surface area contributed by atoms with Crippen LogP contribution in [-0.2, 0) is 0 Å². The molecule has 16 heavy (non-hydrogen) atoms. The lowest BCUT2D eigenvalue weighted by atomic mass is 10.1. The number of hydrogen-bond acceptors (Lipinski definition) is 1. The molecule has 0 aliphatic heterocycles. The Morgan fingerprint density at radius 2 is 1.81 bits per heavy atom. The number of halogens is 1.